The summed E-state index contributed by atoms with van der Waals surface area (Å²) >= 11 is 0. The van der Waals surface area contributed by atoms with Gasteiger partial charge in [-0.3, -0.25) is 4.79 Å². The predicted molar refractivity (Wildman–Crippen MR) is 92.6 cm³/mol. The Hall–Kier alpha value is -2.62. The van der Waals surface area contributed by atoms with Gasteiger partial charge < -0.3 is 9.72 Å². The summed E-state index contributed by atoms with van der Waals surface area (Å²) in [6.07, 6.45) is 2.30. The van der Waals surface area contributed by atoms with Crippen molar-refractivity contribution >= 4 is 11.6 Å². The van der Waals surface area contributed by atoms with Gasteiger partial charge in [-0.05, 0) is 55.7 Å². The number of carbonyl (C=O) groups excluding carboxylic acids is 1. The fourth-order valence-corrected chi connectivity index (χ4v) is 2.73. The number of imidazole rings is 1. The summed E-state index contributed by atoms with van der Waals surface area (Å²) in [6.45, 7) is 6.23. The zero-order valence-corrected chi connectivity index (χ0v) is 14.0. The van der Waals surface area contributed by atoms with Gasteiger partial charge in [-0.15, -0.1) is 0 Å². The Labute approximate surface area is 136 Å². The molecular formula is C19H21N3O. The number of nitrogens with zero attached hydrogens (tertiary/aromatic N) is 2. The molecule has 0 aliphatic carbocycles. The lowest BCUT2D eigenvalue weighted by atomic mass is 10.0. The van der Waals surface area contributed by atoms with Crippen molar-refractivity contribution in [2.75, 3.05) is 7.05 Å². The third-order valence-electron chi connectivity index (χ3n) is 4.27. The third-order valence-corrected chi connectivity index (χ3v) is 4.27. The lowest BCUT2D eigenvalue weighted by Crippen LogP contribution is -2.21. The highest BCUT2D eigenvalue weighted by atomic mass is 16.1. The number of nitrogens with one attached hydrogen (secondary N) is 1. The van der Waals surface area contributed by atoms with Crippen LogP contribution in [0.2, 0.25) is 0 Å². The number of amides is 1. The summed E-state index contributed by atoms with van der Waals surface area (Å²) in [4.78, 5) is 16.7. The number of benzene rings is 1. The number of aromatic nitrogens is 2. The normalized spacial score (nSPS) is 11.0. The summed E-state index contributed by atoms with van der Waals surface area (Å²) in [5.41, 5.74) is 7.35. The van der Waals surface area contributed by atoms with Crippen LogP contribution >= 0.6 is 0 Å². The minimum Gasteiger partial charge on any atom is -0.359 e. The molecule has 0 aliphatic heterocycles. The number of likely N-dealkylation sites (N-methyl/N-ethyl adjacent to an activating group) is 1. The van der Waals surface area contributed by atoms with E-state index in [2.05, 4.69) is 37.4 Å². The van der Waals surface area contributed by atoms with E-state index in [0.29, 0.717) is 6.42 Å². The van der Waals surface area contributed by atoms with E-state index in [-0.39, 0.29) is 5.91 Å². The van der Waals surface area contributed by atoms with Crippen molar-refractivity contribution in [3.63, 3.8) is 0 Å². The van der Waals surface area contributed by atoms with Gasteiger partial charge in [-0.2, -0.15) is 0 Å². The molecule has 3 rings (SSSR count). The highest BCUT2D eigenvalue weighted by Gasteiger charge is 2.17. The molecule has 2 aromatic heterocycles. The summed E-state index contributed by atoms with van der Waals surface area (Å²) < 4.78 is 2.01. The summed E-state index contributed by atoms with van der Waals surface area (Å²) in [5, 5.41) is 2.70. The van der Waals surface area contributed by atoms with Crippen LogP contribution < -0.4 is 5.32 Å². The minimum absolute atomic E-state index is 0.0162. The molecule has 0 spiro atoms. The molecule has 0 radical (unpaired) electrons. The zero-order valence-electron chi connectivity index (χ0n) is 14.0. The molecule has 2 heterocycles. The van der Waals surface area contributed by atoms with Crippen LogP contribution in [0.1, 0.15) is 22.4 Å². The van der Waals surface area contributed by atoms with E-state index in [4.69, 9.17) is 4.98 Å². The molecule has 0 atom stereocenters. The first-order chi connectivity index (χ1) is 11.0. The second-order valence-corrected chi connectivity index (χ2v) is 5.99. The standard InChI is InChI=1S/C19H21N3O/c1-12-7-8-22-16(11-18(23)20-4)19(21-17(22)9-12)15-6-5-13(2)14(3)10-15/h5-10H,11H2,1-4H3,(H,20,23). The molecule has 1 amide bonds. The summed E-state index contributed by atoms with van der Waals surface area (Å²) in [5.74, 6) is -0.0162. The Bertz CT molecular complexity index is 893. The van der Waals surface area contributed by atoms with E-state index in [1.54, 1.807) is 7.05 Å². The van der Waals surface area contributed by atoms with Crippen LogP contribution in [0.4, 0.5) is 0 Å². The topological polar surface area (TPSA) is 46.4 Å². The van der Waals surface area contributed by atoms with Crippen molar-refractivity contribution in [3.8, 4) is 11.3 Å². The Morgan fingerprint density at radius 3 is 2.61 bits per heavy atom. The number of aryl methyl sites for hydroxylation is 3. The molecule has 1 N–H and O–H groups in total. The summed E-state index contributed by atoms with van der Waals surface area (Å²) in [7, 11) is 1.66. The number of carbonyl (C=O) groups is 1. The first-order valence-corrected chi connectivity index (χ1v) is 7.75. The second-order valence-electron chi connectivity index (χ2n) is 5.99. The maximum atomic E-state index is 11.9. The average Bonchev–Trinajstić information content (AvgIpc) is 2.87. The molecule has 0 unspecified atom stereocenters. The fraction of sp³-hybridized carbons (Fsp3) is 0.263. The largest absolute Gasteiger partial charge is 0.359 e. The Balaban J connectivity index is 2.23. The van der Waals surface area contributed by atoms with Crippen molar-refractivity contribution in [1.82, 2.24) is 14.7 Å². The van der Waals surface area contributed by atoms with E-state index in [0.717, 1.165) is 28.2 Å². The first kappa shape index (κ1) is 15.3. The van der Waals surface area contributed by atoms with Crippen molar-refractivity contribution in [2.45, 2.75) is 27.2 Å². The SMILES string of the molecule is CNC(=O)Cc1c(-c2ccc(C)c(C)c2)nc2cc(C)ccn12. The highest BCUT2D eigenvalue weighted by molar-refractivity contribution is 5.81. The zero-order chi connectivity index (χ0) is 16.6. The molecular weight excluding hydrogens is 286 g/mol. The van der Waals surface area contributed by atoms with Gasteiger partial charge in [0.05, 0.1) is 17.8 Å². The van der Waals surface area contributed by atoms with E-state index in [1.807, 2.05) is 29.7 Å². The van der Waals surface area contributed by atoms with Gasteiger partial charge in [-0.25, -0.2) is 4.98 Å². The van der Waals surface area contributed by atoms with Crippen molar-refractivity contribution in [3.05, 3.63) is 58.9 Å². The van der Waals surface area contributed by atoms with Crippen molar-refractivity contribution < 1.29 is 4.79 Å². The van der Waals surface area contributed by atoms with Gasteiger partial charge in [0.2, 0.25) is 5.91 Å². The van der Waals surface area contributed by atoms with Crippen molar-refractivity contribution in [2.24, 2.45) is 0 Å². The molecule has 0 aliphatic rings. The molecule has 118 valence electrons. The molecule has 0 saturated heterocycles. The van der Waals surface area contributed by atoms with E-state index in [1.165, 1.54) is 11.1 Å². The fourth-order valence-electron chi connectivity index (χ4n) is 2.73. The van der Waals surface area contributed by atoms with Gasteiger partial charge >= 0.3 is 0 Å². The molecule has 0 bridgehead atoms. The quantitative estimate of drug-likeness (QED) is 0.807. The van der Waals surface area contributed by atoms with E-state index >= 15 is 0 Å². The number of fused-ring (bicyclic) bond motifs is 1. The molecule has 3 aromatic rings. The second kappa shape index (κ2) is 5.88. The Kier molecular flexibility index (Phi) is 3.90. The molecule has 4 heteroatoms. The third kappa shape index (κ3) is 2.84. The monoisotopic (exact) mass is 307 g/mol. The van der Waals surface area contributed by atoms with Gasteiger partial charge in [0, 0.05) is 18.8 Å². The average molecular weight is 307 g/mol. The van der Waals surface area contributed by atoms with Crippen LogP contribution in [-0.2, 0) is 11.2 Å². The van der Waals surface area contributed by atoms with Gasteiger partial charge in [0.25, 0.3) is 0 Å². The molecule has 0 fully saturated rings. The van der Waals surface area contributed by atoms with Crippen molar-refractivity contribution in [1.29, 1.82) is 0 Å². The maximum Gasteiger partial charge on any atom is 0.225 e. The predicted octanol–water partition coefficient (Wildman–Crippen LogP) is 3.22. The minimum atomic E-state index is -0.0162. The first-order valence-electron chi connectivity index (χ1n) is 7.75. The number of hydrogen-bond donors (Lipinski definition) is 1. The van der Waals surface area contributed by atoms with Crippen LogP contribution in [0.3, 0.4) is 0 Å². The lowest BCUT2D eigenvalue weighted by molar-refractivity contribution is -0.120. The summed E-state index contributed by atoms with van der Waals surface area (Å²) in [6, 6.07) is 10.4. The Morgan fingerprint density at radius 1 is 1.13 bits per heavy atom. The van der Waals surface area contributed by atoms with Crippen LogP contribution in [0.5, 0.6) is 0 Å². The maximum absolute atomic E-state index is 11.9. The molecule has 23 heavy (non-hydrogen) atoms. The highest BCUT2D eigenvalue weighted by Crippen LogP contribution is 2.27. The molecule has 4 nitrogen and oxygen atoms in total. The smallest absolute Gasteiger partial charge is 0.225 e. The number of pyridine rings is 1. The number of rotatable bonds is 3. The van der Waals surface area contributed by atoms with Crippen LogP contribution in [-0.4, -0.2) is 22.3 Å². The van der Waals surface area contributed by atoms with Gasteiger partial charge in [-0.1, -0.05) is 12.1 Å². The van der Waals surface area contributed by atoms with Gasteiger partial charge in [0.1, 0.15) is 5.65 Å². The van der Waals surface area contributed by atoms with Crippen LogP contribution in [0.25, 0.3) is 16.9 Å². The van der Waals surface area contributed by atoms with E-state index < -0.39 is 0 Å². The van der Waals surface area contributed by atoms with Gasteiger partial charge in [0.15, 0.2) is 0 Å². The van der Waals surface area contributed by atoms with E-state index in [9.17, 15) is 4.79 Å². The lowest BCUT2D eigenvalue weighted by Gasteiger charge is -2.07. The molecule has 0 saturated carbocycles. The van der Waals surface area contributed by atoms with Crippen LogP contribution in [0.15, 0.2) is 36.5 Å². The Morgan fingerprint density at radius 2 is 1.91 bits per heavy atom. The molecule has 1 aromatic carbocycles. The number of hydrogen-bond acceptors (Lipinski definition) is 2. The van der Waals surface area contributed by atoms with Crippen LogP contribution in [0, 0.1) is 20.8 Å².